The molecule has 0 aromatic carbocycles. The Bertz CT molecular complexity index is 499. The van der Waals surface area contributed by atoms with Gasteiger partial charge in [0.15, 0.2) is 0 Å². The highest BCUT2D eigenvalue weighted by molar-refractivity contribution is 5.76. The number of amides is 1. The van der Waals surface area contributed by atoms with Crippen LogP contribution < -0.4 is 5.32 Å². The minimum atomic E-state index is 0.0860. The van der Waals surface area contributed by atoms with Crippen LogP contribution in [0.1, 0.15) is 50.1 Å². The Morgan fingerprint density at radius 1 is 1.50 bits per heavy atom. The summed E-state index contributed by atoms with van der Waals surface area (Å²) >= 11 is 0. The van der Waals surface area contributed by atoms with E-state index in [2.05, 4.69) is 23.4 Å². The second kappa shape index (κ2) is 7.68. The maximum atomic E-state index is 11.8. The molecule has 1 heterocycles. The molecule has 5 heteroatoms. The van der Waals surface area contributed by atoms with E-state index in [1.54, 1.807) is 0 Å². The first-order valence-corrected chi connectivity index (χ1v) is 7.18. The molecule has 0 saturated heterocycles. The Labute approximate surface area is 121 Å². The van der Waals surface area contributed by atoms with E-state index in [1.807, 2.05) is 25.5 Å². The number of nitrogens with zero attached hydrogens (tertiary/aromatic N) is 3. The van der Waals surface area contributed by atoms with Crippen LogP contribution in [0.2, 0.25) is 0 Å². The molecule has 1 aromatic rings. The molecule has 1 amide bonds. The van der Waals surface area contributed by atoms with Gasteiger partial charge in [-0.2, -0.15) is 10.4 Å². The lowest BCUT2D eigenvalue weighted by molar-refractivity contribution is -0.121. The molecule has 0 fully saturated rings. The van der Waals surface area contributed by atoms with Crippen molar-refractivity contribution in [1.29, 1.82) is 5.26 Å². The number of nitriles is 1. The van der Waals surface area contributed by atoms with E-state index in [9.17, 15) is 4.79 Å². The minimum absolute atomic E-state index is 0.0860. The smallest absolute Gasteiger partial charge is 0.220 e. The van der Waals surface area contributed by atoms with Crippen molar-refractivity contribution in [1.82, 2.24) is 15.1 Å². The summed E-state index contributed by atoms with van der Waals surface area (Å²) in [7, 11) is 0. The first-order chi connectivity index (χ1) is 9.49. The molecule has 0 aliphatic rings. The molecule has 1 aromatic heterocycles. The zero-order chi connectivity index (χ0) is 15.1. The van der Waals surface area contributed by atoms with Crippen molar-refractivity contribution in [2.24, 2.45) is 0 Å². The van der Waals surface area contributed by atoms with Gasteiger partial charge in [-0.05, 0) is 39.2 Å². The number of hydrogen-bond donors (Lipinski definition) is 1. The van der Waals surface area contributed by atoms with Crippen molar-refractivity contribution in [3.05, 3.63) is 17.0 Å². The van der Waals surface area contributed by atoms with E-state index >= 15 is 0 Å². The Morgan fingerprint density at radius 2 is 2.20 bits per heavy atom. The maximum absolute atomic E-state index is 11.8. The molecule has 0 saturated carbocycles. The fraction of sp³-hybridized carbons (Fsp3) is 0.667. The Kier molecular flexibility index (Phi) is 6.23. The quantitative estimate of drug-likeness (QED) is 0.830. The number of carbonyl (C=O) groups excluding carboxylic acids is 1. The Hall–Kier alpha value is -1.83. The fourth-order valence-electron chi connectivity index (χ4n) is 2.16. The van der Waals surface area contributed by atoms with Crippen LogP contribution in [-0.2, 0) is 17.8 Å². The number of nitrogens with one attached hydrogen (secondary N) is 1. The molecule has 20 heavy (non-hydrogen) atoms. The Morgan fingerprint density at radius 3 is 2.80 bits per heavy atom. The van der Waals surface area contributed by atoms with Crippen molar-refractivity contribution < 1.29 is 4.79 Å². The van der Waals surface area contributed by atoms with E-state index < -0.39 is 0 Å². The third-order valence-corrected chi connectivity index (χ3v) is 3.59. The van der Waals surface area contributed by atoms with Crippen molar-refractivity contribution in [3.8, 4) is 6.07 Å². The third-order valence-electron chi connectivity index (χ3n) is 3.59. The SMILES string of the molecule is CCC(C)NC(=O)CCc1c(C)nn(CCC#N)c1C. The van der Waals surface area contributed by atoms with Gasteiger partial charge in [0, 0.05) is 18.2 Å². The van der Waals surface area contributed by atoms with E-state index in [-0.39, 0.29) is 11.9 Å². The predicted octanol–water partition coefficient (Wildman–Crippen LogP) is 2.26. The van der Waals surface area contributed by atoms with Crippen LogP contribution in [-0.4, -0.2) is 21.7 Å². The predicted molar refractivity (Wildman–Crippen MR) is 78.1 cm³/mol. The fourth-order valence-corrected chi connectivity index (χ4v) is 2.16. The van der Waals surface area contributed by atoms with Gasteiger partial charge in [-0.25, -0.2) is 0 Å². The summed E-state index contributed by atoms with van der Waals surface area (Å²) in [5.74, 6) is 0.0860. The molecular weight excluding hydrogens is 252 g/mol. The number of carbonyl (C=O) groups is 1. The summed E-state index contributed by atoms with van der Waals surface area (Å²) in [6.07, 6.45) is 2.58. The van der Waals surface area contributed by atoms with Crippen LogP contribution in [0.5, 0.6) is 0 Å². The van der Waals surface area contributed by atoms with Crippen LogP contribution >= 0.6 is 0 Å². The molecule has 0 aliphatic carbocycles. The van der Waals surface area contributed by atoms with E-state index in [1.165, 1.54) is 0 Å². The molecule has 0 aliphatic heterocycles. The zero-order valence-electron chi connectivity index (χ0n) is 12.9. The van der Waals surface area contributed by atoms with Crippen molar-refractivity contribution in [2.75, 3.05) is 0 Å². The van der Waals surface area contributed by atoms with Crippen molar-refractivity contribution in [3.63, 3.8) is 0 Å². The number of hydrogen-bond acceptors (Lipinski definition) is 3. The summed E-state index contributed by atoms with van der Waals surface area (Å²) in [6, 6.07) is 2.35. The molecule has 5 nitrogen and oxygen atoms in total. The number of aromatic nitrogens is 2. The van der Waals surface area contributed by atoms with E-state index in [0.717, 1.165) is 23.4 Å². The third kappa shape index (κ3) is 4.37. The molecule has 0 radical (unpaired) electrons. The lowest BCUT2D eigenvalue weighted by Gasteiger charge is -2.11. The topological polar surface area (TPSA) is 70.7 Å². The van der Waals surface area contributed by atoms with Crippen LogP contribution in [0.25, 0.3) is 0 Å². The summed E-state index contributed by atoms with van der Waals surface area (Å²) in [5.41, 5.74) is 3.15. The Balaban J connectivity index is 2.62. The maximum Gasteiger partial charge on any atom is 0.220 e. The largest absolute Gasteiger partial charge is 0.354 e. The van der Waals surface area contributed by atoms with Gasteiger partial charge in [0.25, 0.3) is 0 Å². The van der Waals surface area contributed by atoms with E-state index in [4.69, 9.17) is 5.26 Å². The average molecular weight is 276 g/mol. The van der Waals surface area contributed by atoms with Crippen molar-refractivity contribution in [2.45, 2.75) is 66.0 Å². The van der Waals surface area contributed by atoms with Crippen molar-refractivity contribution >= 4 is 5.91 Å². The van der Waals surface area contributed by atoms with Gasteiger partial charge in [0.05, 0.1) is 24.7 Å². The summed E-state index contributed by atoms with van der Waals surface area (Å²) in [6.45, 7) is 8.63. The molecule has 0 spiro atoms. The molecular formula is C15H24N4O. The minimum Gasteiger partial charge on any atom is -0.354 e. The van der Waals surface area contributed by atoms with Crippen LogP contribution in [0.15, 0.2) is 0 Å². The zero-order valence-corrected chi connectivity index (χ0v) is 12.9. The highest BCUT2D eigenvalue weighted by Gasteiger charge is 2.13. The van der Waals surface area contributed by atoms with Crippen LogP contribution in [0, 0.1) is 25.2 Å². The molecule has 0 bridgehead atoms. The van der Waals surface area contributed by atoms with Gasteiger partial charge >= 0.3 is 0 Å². The van der Waals surface area contributed by atoms with Gasteiger partial charge in [0.2, 0.25) is 5.91 Å². The van der Waals surface area contributed by atoms with Gasteiger partial charge < -0.3 is 5.32 Å². The highest BCUT2D eigenvalue weighted by Crippen LogP contribution is 2.15. The number of rotatable bonds is 7. The average Bonchev–Trinajstić information content (AvgIpc) is 2.68. The van der Waals surface area contributed by atoms with Crippen LogP contribution in [0.3, 0.4) is 0 Å². The normalized spacial score (nSPS) is 11.9. The van der Waals surface area contributed by atoms with Crippen LogP contribution in [0.4, 0.5) is 0 Å². The number of aryl methyl sites for hydroxylation is 2. The molecule has 1 unspecified atom stereocenters. The van der Waals surface area contributed by atoms with Gasteiger partial charge in [-0.1, -0.05) is 6.92 Å². The van der Waals surface area contributed by atoms with Gasteiger partial charge in [-0.15, -0.1) is 0 Å². The molecule has 1 rings (SSSR count). The second-order valence-electron chi connectivity index (χ2n) is 5.16. The highest BCUT2D eigenvalue weighted by atomic mass is 16.1. The standard InChI is InChI=1S/C15H24N4O/c1-5-11(2)17-15(20)8-7-14-12(3)18-19(13(14)4)10-6-9-16/h11H,5-8,10H2,1-4H3,(H,17,20). The lowest BCUT2D eigenvalue weighted by Crippen LogP contribution is -2.32. The lowest BCUT2D eigenvalue weighted by atomic mass is 10.1. The van der Waals surface area contributed by atoms with Gasteiger partial charge in [0.1, 0.15) is 0 Å². The first-order valence-electron chi connectivity index (χ1n) is 7.18. The van der Waals surface area contributed by atoms with Gasteiger partial charge in [-0.3, -0.25) is 9.48 Å². The molecule has 1 atom stereocenters. The van der Waals surface area contributed by atoms with E-state index in [0.29, 0.717) is 25.8 Å². The second-order valence-corrected chi connectivity index (χ2v) is 5.16. The summed E-state index contributed by atoms with van der Waals surface area (Å²) < 4.78 is 1.86. The molecule has 1 N–H and O–H groups in total. The summed E-state index contributed by atoms with van der Waals surface area (Å²) in [5, 5.41) is 16.0. The summed E-state index contributed by atoms with van der Waals surface area (Å²) in [4.78, 5) is 11.8. The monoisotopic (exact) mass is 276 g/mol. The molecule has 110 valence electrons. The first kappa shape index (κ1) is 16.2.